The van der Waals surface area contributed by atoms with E-state index in [-0.39, 0.29) is 16.0 Å². The van der Waals surface area contributed by atoms with Gasteiger partial charge in [-0.3, -0.25) is 10.1 Å². The van der Waals surface area contributed by atoms with Gasteiger partial charge in [0.15, 0.2) is 0 Å². The molecule has 4 nitrogen and oxygen atoms in total. The number of non-ortho nitro benzene ring substituents is 1. The molecule has 0 aliphatic carbocycles. The number of rotatable bonds is 2. The SMILES string of the molecule is CC[C@]1(C)CNc2ccc([N+](=O)[O-])cc21. The first-order chi connectivity index (χ1) is 7.07. The van der Waals surface area contributed by atoms with E-state index in [2.05, 4.69) is 19.2 Å². The second-order valence-electron chi connectivity index (χ2n) is 4.25. The van der Waals surface area contributed by atoms with Gasteiger partial charge in [0, 0.05) is 29.8 Å². The number of hydrogen-bond donors (Lipinski definition) is 1. The standard InChI is InChI=1S/C11H14N2O2/c1-3-11(2)7-12-10-5-4-8(13(14)15)6-9(10)11/h4-6,12H,3,7H2,1-2H3/t11-/m1/s1. The molecule has 0 radical (unpaired) electrons. The van der Waals surface area contributed by atoms with Gasteiger partial charge in [-0.1, -0.05) is 13.8 Å². The van der Waals surface area contributed by atoms with Crippen molar-refractivity contribution in [1.29, 1.82) is 0 Å². The van der Waals surface area contributed by atoms with Crippen molar-refractivity contribution in [3.05, 3.63) is 33.9 Å². The molecular formula is C11H14N2O2. The van der Waals surface area contributed by atoms with Crippen LogP contribution in [0.3, 0.4) is 0 Å². The van der Waals surface area contributed by atoms with Crippen LogP contribution < -0.4 is 5.32 Å². The van der Waals surface area contributed by atoms with Gasteiger partial charge in [0.1, 0.15) is 0 Å². The largest absolute Gasteiger partial charge is 0.384 e. The fourth-order valence-electron chi connectivity index (χ4n) is 2.00. The molecule has 0 amide bonds. The van der Waals surface area contributed by atoms with Crippen LogP contribution in [0.15, 0.2) is 18.2 Å². The highest BCUT2D eigenvalue weighted by atomic mass is 16.6. The van der Waals surface area contributed by atoms with Gasteiger partial charge in [-0.15, -0.1) is 0 Å². The van der Waals surface area contributed by atoms with Gasteiger partial charge in [0.25, 0.3) is 5.69 Å². The highest BCUT2D eigenvalue weighted by molar-refractivity contribution is 5.63. The quantitative estimate of drug-likeness (QED) is 0.597. The van der Waals surface area contributed by atoms with Gasteiger partial charge in [-0.05, 0) is 18.1 Å². The summed E-state index contributed by atoms with van der Waals surface area (Å²) in [4.78, 5) is 10.3. The number of anilines is 1. The molecule has 1 aliphatic rings. The minimum absolute atomic E-state index is 0.0291. The molecule has 0 fully saturated rings. The van der Waals surface area contributed by atoms with Gasteiger partial charge in [0.2, 0.25) is 0 Å². The summed E-state index contributed by atoms with van der Waals surface area (Å²) in [6, 6.07) is 5.04. The monoisotopic (exact) mass is 206 g/mol. The number of nitro groups is 1. The molecule has 1 heterocycles. The fourth-order valence-corrected chi connectivity index (χ4v) is 2.00. The number of nitrogens with zero attached hydrogens (tertiary/aromatic N) is 1. The Morgan fingerprint density at radius 1 is 1.60 bits per heavy atom. The first-order valence-electron chi connectivity index (χ1n) is 5.09. The third-order valence-corrected chi connectivity index (χ3v) is 3.31. The van der Waals surface area contributed by atoms with Crippen molar-refractivity contribution in [1.82, 2.24) is 0 Å². The molecule has 0 aromatic heterocycles. The van der Waals surface area contributed by atoms with E-state index < -0.39 is 0 Å². The van der Waals surface area contributed by atoms with Gasteiger partial charge in [0.05, 0.1) is 4.92 Å². The summed E-state index contributed by atoms with van der Waals surface area (Å²) in [6.45, 7) is 5.10. The molecule has 0 bridgehead atoms. The van der Waals surface area contributed by atoms with E-state index in [1.807, 2.05) is 0 Å². The molecule has 15 heavy (non-hydrogen) atoms. The summed E-state index contributed by atoms with van der Waals surface area (Å²) in [5.74, 6) is 0. The number of fused-ring (bicyclic) bond motifs is 1. The lowest BCUT2D eigenvalue weighted by Crippen LogP contribution is -2.22. The van der Waals surface area contributed by atoms with Crippen molar-refractivity contribution in [2.45, 2.75) is 25.7 Å². The van der Waals surface area contributed by atoms with Crippen LogP contribution >= 0.6 is 0 Å². The predicted molar refractivity (Wildman–Crippen MR) is 59.2 cm³/mol. The van der Waals surface area contributed by atoms with E-state index in [1.165, 1.54) is 0 Å². The Bertz CT molecular complexity index is 417. The summed E-state index contributed by atoms with van der Waals surface area (Å²) in [5, 5.41) is 14.0. The van der Waals surface area contributed by atoms with Crippen molar-refractivity contribution in [3.63, 3.8) is 0 Å². The Balaban J connectivity index is 2.51. The molecule has 1 aromatic rings. The molecule has 0 unspecified atom stereocenters. The fraction of sp³-hybridized carbons (Fsp3) is 0.455. The molecule has 1 atom stereocenters. The zero-order chi connectivity index (χ0) is 11.1. The lowest BCUT2D eigenvalue weighted by molar-refractivity contribution is -0.384. The molecular weight excluding hydrogens is 192 g/mol. The van der Waals surface area contributed by atoms with Crippen LogP contribution in [-0.2, 0) is 5.41 Å². The van der Waals surface area contributed by atoms with Crippen molar-refractivity contribution < 1.29 is 4.92 Å². The Hall–Kier alpha value is -1.58. The first kappa shape index (κ1) is 9.96. The summed E-state index contributed by atoms with van der Waals surface area (Å²) >= 11 is 0. The maximum Gasteiger partial charge on any atom is 0.269 e. The summed E-state index contributed by atoms with van der Waals surface area (Å²) in [6.07, 6.45) is 0.980. The van der Waals surface area contributed by atoms with Crippen molar-refractivity contribution in [2.24, 2.45) is 0 Å². The van der Waals surface area contributed by atoms with E-state index in [0.29, 0.717) is 0 Å². The lowest BCUT2D eigenvalue weighted by Gasteiger charge is -2.21. The number of nitrogens with one attached hydrogen (secondary N) is 1. The second-order valence-corrected chi connectivity index (χ2v) is 4.25. The van der Waals surface area contributed by atoms with Crippen molar-refractivity contribution in [2.75, 3.05) is 11.9 Å². The van der Waals surface area contributed by atoms with E-state index in [1.54, 1.807) is 18.2 Å². The number of nitro benzene ring substituents is 1. The lowest BCUT2D eigenvalue weighted by atomic mass is 9.82. The second kappa shape index (κ2) is 3.22. The van der Waals surface area contributed by atoms with Crippen LogP contribution in [-0.4, -0.2) is 11.5 Å². The normalized spacial score (nSPS) is 23.3. The summed E-state index contributed by atoms with van der Waals surface area (Å²) in [7, 11) is 0. The van der Waals surface area contributed by atoms with Crippen molar-refractivity contribution >= 4 is 11.4 Å². The van der Waals surface area contributed by atoms with Gasteiger partial charge in [-0.2, -0.15) is 0 Å². The molecule has 0 saturated carbocycles. The number of hydrogen-bond acceptors (Lipinski definition) is 3. The van der Waals surface area contributed by atoms with Crippen LogP contribution in [0.25, 0.3) is 0 Å². The Morgan fingerprint density at radius 2 is 2.33 bits per heavy atom. The molecule has 2 rings (SSSR count). The summed E-state index contributed by atoms with van der Waals surface area (Å²) < 4.78 is 0. The van der Waals surface area contributed by atoms with Crippen LogP contribution in [0.5, 0.6) is 0 Å². The van der Waals surface area contributed by atoms with Crippen LogP contribution in [0, 0.1) is 10.1 Å². The predicted octanol–water partition coefficient (Wildman–Crippen LogP) is 2.69. The maximum absolute atomic E-state index is 10.7. The Labute approximate surface area is 88.5 Å². The van der Waals surface area contributed by atoms with E-state index in [4.69, 9.17) is 0 Å². The van der Waals surface area contributed by atoms with E-state index >= 15 is 0 Å². The van der Waals surface area contributed by atoms with Gasteiger partial charge < -0.3 is 5.32 Å². The maximum atomic E-state index is 10.7. The third-order valence-electron chi connectivity index (χ3n) is 3.31. The van der Waals surface area contributed by atoms with Gasteiger partial charge >= 0.3 is 0 Å². The average molecular weight is 206 g/mol. The number of benzene rings is 1. The summed E-state index contributed by atoms with van der Waals surface area (Å²) in [5.41, 5.74) is 2.31. The molecule has 0 saturated heterocycles. The first-order valence-corrected chi connectivity index (χ1v) is 5.09. The van der Waals surface area contributed by atoms with Crippen LogP contribution in [0.4, 0.5) is 11.4 Å². The smallest absolute Gasteiger partial charge is 0.269 e. The molecule has 0 spiro atoms. The molecule has 1 aromatic carbocycles. The van der Waals surface area contributed by atoms with Gasteiger partial charge in [-0.25, -0.2) is 0 Å². The van der Waals surface area contributed by atoms with Crippen molar-refractivity contribution in [3.8, 4) is 0 Å². The average Bonchev–Trinajstić information content (AvgIpc) is 2.57. The van der Waals surface area contributed by atoms with E-state index in [9.17, 15) is 10.1 Å². The molecule has 4 heteroatoms. The van der Waals surface area contributed by atoms with Crippen LogP contribution in [0.2, 0.25) is 0 Å². The molecule has 1 N–H and O–H groups in total. The van der Waals surface area contributed by atoms with E-state index in [0.717, 1.165) is 24.2 Å². The highest BCUT2D eigenvalue weighted by Gasteiger charge is 2.33. The molecule has 80 valence electrons. The molecule has 1 aliphatic heterocycles. The Morgan fingerprint density at radius 3 is 2.93 bits per heavy atom. The minimum Gasteiger partial charge on any atom is -0.384 e. The zero-order valence-electron chi connectivity index (χ0n) is 8.91. The minimum atomic E-state index is -0.339. The highest BCUT2D eigenvalue weighted by Crippen LogP contribution is 2.40. The van der Waals surface area contributed by atoms with Crippen LogP contribution in [0.1, 0.15) is 25.8 Å². The third kappa shape index (κ3) is 1.46. The topological polar surface area (TPSA) is 55.2 Å². The Kier molecular flexibility index (Phi) is 2.14. The zero-order valence-corrected chi connectivity index (χ0v) is 8.91.